The quantitative estimate of drug-likeness (QED) is 0.722. The van der Waals surface area contributed by atoms with E-state index >= 15 is 0 Å². The van der Waals surface area contributed by atoms with Crippen molar-refractivity contribution in [2.45, 2.75) is 46.7 Å². The van der Waals surface area contributed by atoms with E-state index < -0.39 is 0 Å². The van der Waals surface area contributed by atoms with Gasteiger partial charge >= 0.3 is 0 Å². The Bertz CT molecular complexity index is 138. The Morgan fingerprint density at radius 2 is 1.69 bits per heavy atom. The molecule has 0 aromatic heterocycles. The molecule has 0 heterocycles. The maximum Gasteiger partial charge on any atom is 0.0163 e. The first-order valence-electron chi connectivity index (χ1n) is 5.16. The molecule has 0 bridgehead atoms. The molecule has 0 aliphatic carbocycles. The van der Waals surface area contributed by atoms with E-state index in [0.717, 1.165) is 6.54 Å². The molecular weight excluding hydrogens is 160 g/mol. The van der Waals surface area contributed by atoms with Crippen LogP contribution in [0.15, 0.2) is 0 Å². The Morgan fingerprint density at radius 3 is 2.00 bits per heavy atom. The second kappa shape index (κ2) is 4.97. The van der Waals surface area contributed by atoms with Crippen LogP contribution in [0, 0.1) is 5.41 Å². The first-order valence-corrected chi connectivity index (χ1v) is 5.16. The third-order valence-corrected chi connectivity index (χ3v) is 2.97. The molecule has 0 radical (unpaired) electrons. The van der Waals surface area contributed by atoms with Crippen LogP contribution >= 0.6 is 0 Å². The molecule has 0 spiro atoms. The van der Waals surface area contributed by atoms with Crippen LogP contribution < -0.4 is 5.32 Å². The second-order valence-electron chi connectivity index (χ2n) is 5.17. The zero-order valence-electron chi connectivity index (χ0n) is 10.3. The standard InChI is InChI=1S/C11H26N2/c1-9(12-6)8-13(7)10(2)11(3,4)5/h9-10,12H,8H2,1-7H3. The Morgan fingerprint density at radius 1 is 1.23 bits per heavy atom. The number of hydrogen-bond donors (Lipinski definition) is 1. The lowest BCUT2D eigenvalue weighted by Gasteiger charge is -2.36. The largest absolute Gasteiger partial charge is 0.316 e. The molecule has 2 heteroatoms. The fourth-order valence-corrected chi connectivity index (χ4v) is 1.34. The molecule has 0 aliphatic rings. The van der Waals surface area contributed by atoms with Crippen molar-refractivity contribution in [3.05, 3.63) is 0 Å². The summed E-state index contributed by atoms with van der Waals surface area (Å²) in [5.41, 5.74) is 0.363. The van der Waals surface area contributed by atoms with Gasteiger partial charge in [0.05, 0.1) is 0 Å². The lowest BCUT2D eigenvalue weighted by molar-refractivity contribution is 0.132. The minimum atomic E-state index is 0.363. The van der Waals surface area contributed by atoms with Gasteiger partial charge in [-0.3, -0.25) is 0 Å². The van der Waals surface area contributed by atoms with Gasteiger partial charge in [0.25, 0.3) is 0 Å². The molecule has 13 heavy (non-hydrogen) atoms. The van der Waals surface area contributed by atoms with Crippen molar-refractivity contribution in [2.75, 3.05) is 20.6 Å². The van der Waals surface area contributed by atoms with Crippen LogP contribution in [0.3, 0.4) is 0 Å². The SMILES string of the molecule is CNC(C)CN(C)C(C)C(C)(C)C. The molecule has 0 aromatic rings. The summed E-state index contributed by atoms with van der Waals surface area (Å²) in [6.45, 7) is 12.5. The van der Waals surface area contributed by atoms with Crippen molar-refractivity contribution < 1.29 is 0 Å². The maximum atomic E-state index is 3.26. The fraction of sp³-hybridized carbons (Fsp3) is 1.00. The van der Waals surface area contributed by atoms with Gasteiger partial charge in [-0.05, 0) is 33.4 Å². The van der Waals surface area contributed by atoms with E-state index in [0.29, 0.717) is 17.5 Å². The van der Waals surface area contributed by atoms with Crippen molar-refractivity contribution in [1.82, 2.24) is 10.2 Å². The molecule has 0 rings (SSSR count). The van der Waals surface area contributed by atoms with Crippen LogP contribution in [0.4, 0.5) is 0 Å². The van der Waals surface area contributed by atoms with Crippen LogP contribution in [-0.4, -0.2) is 37.6 Å². The third-order valence-electron chi connectivity index (χ3n) is 2.97. The minimum Gasteiger partial charge on any atom is -0.316 e. The van der Waals surface area contributed by atoms with Gasteiger partial charge in [-0.2, -0.15) is 0 Å². The summed E-state index contributed by atoms with van der Waals surface area (Å²) in [4.78, 5) is 2.42. The van der Waals surface area contributed by atoms with Crippen molar-refractivity contribution in [3.8, 4) is 0 Å². The summed E-state index contributed by atoms with van der Waals surface area (Å²) in [6, 6.07) is 1.18. The Labute approximate surface area is 83.7 Å². The van der Waals surface area contributed by atoms with Gasteiger partial charge in [-0.25, -0.2) is 0 Å². The summed E-state index contributed by atoms with van der Waals surface area (Å²) in [5.74, 6) is 0. The highest BCUT2D eigenvalue weighted by atomic mass is 15.2. The Balaban J connectivity index is 4.03. The van der Waals surface area contributed by atoms with Gasteiger partial charge in [-0.15, -0.1) is 0 Å². The molecule has 0 fully saturated rings. The number of nitrogens with zero attached hydrogens (tertiary/aromatic N) is 1. The topological polar surface area (TPSA) is 15.3 Å². The van der Waals surface area contributed by atoms with E-state index in [1.807, 2.05) is 7.05 Å². The summed E-state index contributed by atoms with van der Waals surface area (Å²) in [7, 11) is 4.21. The van der Waals surface area contributed by atoms with E-state index in [1.165, 1.54) is 0 Å². The molecule has 0 aliphatic heterocycles. The molecule has 2 nitrogen and oxygen atoms in total. The smallest absolute Gasteiger partial charge is 0.0163 e. The van der Waals surface area contributed by atoms with E-state index in [2.05, 4.69) is 51.9 Å². The predicted octanol–water partition coefficient (Wildman–Crippen LogP) is 1.96. The lowest BCUT2D eigenvalue weighted by atomic mass is 9.87. The number of nitrogens with one attached hydrogen (secondary N) is 1. The molecule has 0 saturated carbocycles. The lowest BCUT2D eigenvalue weighted by Crippen LogP contribution is -2.45. The van der Waals surface area contributed by atoms with Crippen molar-refractivity contribution in [2.24, 2.45) is 5.41 Å². The first-order chi connectivity index (χ1) is 5.79. The van der Waals surface area contributed by atoms with E-state index in [9.17, 15) is 0 Å². The summed E-state index contributed by atoms with van der Waals surface area (Å²) in [5, 5.41) is 3.26. The van der Waals surface area contributed by atoms with E-state index in [-0.39, 0.29) is 0 Å². The van der Waals surface area contributed by atoms with Crippen LogP contribution in [-0.2, 0) is 0 Å². The molecule has 0 amide bonds. The Hall–Kier alpha value is -0.0800. The Kier molecular flexibility index (Phi) is 4.93. The monoisotopic (exact) mass is 186 g/mol. The zero-order valence-corrected chi connectivity index (χ0v) is 10.3. The van der Waals surface area contributed by atoms with Gasteiger partial charge in [0.2, 0.25) is 0 Å². The highest BCUT2D eigenvalue weighted by molar-refractivity contribution is 4.79. The third kappa shape index (κ3) is 4.63. The van der Waals surface area contributed by atoms with E-state index in [1.54, 1.807) is 0 Å². The summed E-state index contributed by atoms with van der Waals surface area (Å²) < 4.78 is 0. The molecule has 2 atom stereocenters. The van der Waals surface area contributed by atoms with Crippen molar-refractivity contribution in [3.63, 3.8) is 0 Å². The average molecular weight is 186 g/mol. The van der Waals surface area contributed by atoms with Gasteiger partial charge in [-0.1, -0.05) is 20.8 Å². The fourth-order valence-electron chi connectivity index (χ4n) is 1.34. The highest BCUT2D eigenvalue weighted by Crippen LogP contribution is 2.22. The molecule has 0 aromatic carbocycles. The second-order valence-corrected chi connectivity index (χ2v) is 5.17. The van der Waals surface area contributed by atoms with Gasteiger partial charge in [0, 0.05) is 18.6 Å². The van der Waals surface area contributed by atoms with Crippen LogP contribution in [0.2, 0.25) is 0 Å². The van der Waals surface area contributed by atoms with Crippen LogP contribution in [0.25, 0.3) is 0 Å². The summed E-state index contributed by atoms with van der Waals surface area (Å²) >= 11 is 0. The van der Waals surface area contributed by atoms with Gasteiger partial charge in [0.1, 0.15) is 0 Å². The molecule has 80 valence electrons. The average Bonchev–Trinajstić information content (AvgIpc) is 2.01. The number of hydrogen-bond acceptors (Lipinski definition) is 2. The van der Waals surface area contributed by atoms with Gasteiger partial charge in [0.15, 0.2) is 0 Å². The minimum absolute atomic E-state index is 0.363. The van der Waals surface area contributed by atoms with Crippen molar-refractivity contribution >= 4 is 0 Å². The zero-order chi connectivity index (χ0) is 10.6. The normalized spacial score (nSPS) is 17.5. The van der Waals surface area contributed by atoms with Crippen LogP contribution in [0.1, 0.15) is 34.6 Å². The number of rotatable bonds is 4. The maximum absolute atomic E-state index is 3.26. The molecule has 2 unspecified atom stereocenters. The molecular formula is C11H26N2. The summed E-state index contributed by atoms with van der Waals surface area (Å²) in [6.07, 6.45) is 0. The highest BCUT2D eigenvalue weighted by Gasteiger charge is 2.24. The van der Waals surface area contributed by atoms with Crippen molar-refractivity contribution in [1.29, 1.82) is 0 Å². The van der Waals surface area contributed by atoms with Gasteiger partial charge < -0.3 is 10.2 Å². The van der Waals surface area contributed by atoms with E-state index in [4.69, 9.17) is 0 Å². The predicted molar refractivity (Wildman–Crippen MR) is 60.1 cm³/mol. The number of likely N-dealkylation sites (N-methyl/N-ethyl adjacent to an activating group) is 2. The molecule has 0 saturated heterocycles. The molecule has 1 N–H and O–H groups in total. The first kappa shape index (κ1) is 12.9. The van der Waals surface area contributed by atoms with Crippen LogP contribution in [0.5, 0.6) is 0 Å².